The van der Waals surface area contributed by atoms with E-state index < -0.39 is 0 Å². The molecule has 5 rings (SSSR count). The summed E-state index contributed by atoms with van der Waals surface area (Å²) >= 11 is 0. The molecule has 29 heavy (non-hydrogen) atoms. The van der Waals surface area contributed by atoms with E-state index in [9.17, 15) is 0 Å². The van der Waals surface area contributed by atoms with Crippen LogP contribution >= 0.6 is 0 Å². The van der Waals surface area contributed by atoms with Gasteiger partial charge in [0.15, 0.2) is 11.3 Å². The summed E-state index contributed by atoms with van der Waals surface area (Å²) < 4.78 is 9.02. The van der Waals surface area contributed by atoms with Gasteiger partial charge in [-0.2, -0.15) is 15.2 Å². The fraction of sp³-hybridized carbons (Fsp3) is 0.450. The number of anilines is 2. The van der Waals surface area contributed by atoms with Gasteiger partial charge in [0, 0.05) is 19.9 Å². The Morgan fingerprint density at radius 2 is 2.10 bits per heavy atom. The van der Waals surface area contributed by atoms with Crippen LogP contribution in [0.4, 0.5) is 11.6 Å². The molecule has 1 fully saturated rings. The van der Waals surface area contributed by atoms with E-state index in [1.54, 1.807) is 18.0 Å². The molecule has 0 saturated heterocycles. The molecule has 0 aliphatic heterocycles. The normalized spacial score (nSPS) is 19.0. The lowest BCUT2D eigenvalue weighted by Gasteiger charge is -2.35. The van der Waals surface area contributed by atoms with E-state index in [0.717, 1.165) is 59.5 Å². The summed E-state index contributed by atoms with van der Waals surface area (Å²) in [5.41, 5.74) is 4.61. The van der Waals surface area contributed by atoms with E-state index in [1.807, 2.05) is 32.3 Å². The maximum Gasteiger partial charge on any atom is 0.229 e. The van der Waals surface area contributed by atoms with Crippen molar-refractivity contribution in [2.45, 2.75) is 39.2 Å². The van der Waals surface area contributed by atoms with Crippen molar-refractivity contribution < 1.29 is 4.74 Å². The van der Waals surface area contributed by atoms with Crippen LogP contribution in [0.25, 0.3) is 16.7 Å². The summed E-state index contributed by atoms with van der Waals surface area (Å²) in [5.74, 6) is 1.26. The second kappa shape index (κ2) is 7.07. The minimum absolute atomic E-state index is 0.393. The quantitative estimate of drug-likeness (QED) is 0.538. The molecule has 4 aromatic heterocycles. The highest BCUT2D eigenvalue weighted by Gasteiger charge is 2.32. The molecule has 0 spiro atoms. The first-order valence-corrected chi connectivity index (χ1v) is 9.90. The number of nitrogens with zero attached hydrogens (tertiary/aromatic N) is 7. The Balaban J connectivity index is 1.43. The van der Waals surface area contributed by atoms with Gasteiger partial charge < -0.3 is 10.1 Å². The Bertz CT molecular complexity index is 1170. The Morgan fingerprint density at radius 1 is 1.24 bits per heavy atom. The summed E-state index contributed by atoms with van der Waals surface area (Å²) in [7, 11) is 1.76. The molecule has 0 atom stereocenters. The van der Waals surface area contributed by atoms with Crippen LogP contribution in [0.5, 0.6) is 0 Å². The highest BCUT2D eigenvalue weighted by Crippen LogP contribution is 2.41. The number of hydrogen-bond donors (Lipinski definition) is 1. The second-order valence-corrected chi connectivity index (χ2v) is 7.79. The van der Waals surface area contributed by atoms with Gasteiger partial charge in [-0.1, -0.05) is 0 Å². The number of aryl methyl sites for hydroxylation is 2. The van der Waals surface area contributed by atoms with Gasteiger partial charge in [-0.25, -0.2) is 19.2 Å². The summed E-state index contributed by atoms with van der Waals surface area (Å²) in [4.78, 5) is 13.5. The molecule has 1 N–H and O–H groups in total. The van der Waals surface area contributed by atoms with Crippen LogP contribution in [-0.4, -0.2) is 48.1 Å². The van der Waals surface area contributed by atoms with Crippen LogP contribution in [0.3, 0.4) is 0 Å². The highest BCUT2D eigenvalue weighted by molar-refractivity contribution is 5.79. The SMILES string of the molecule is COCCC1CC(n2nc(C)c3cnc(Nc4cn5ncnc5cc4C)nc32)C1. The third-order valence-electron chi connectivity index (χ3n) is 5.79. The number of fused-ring (bicyclic) bond motifs is 2. The lowest BCUT2D eigenvalue weighted by Crippen LogP contribution is -2.28. The number of nitrogens with one attached hydrogen (secondary N) is 1. The van der Waals surface area contributed by atoms with Gasteiger partial charge in [0.2, 0.25) is 5.95 Å². The highest BCUT2D eigenvalue weighted by atomic mass is 16.5. The van der Waals surface area contributed by atoms with Crippen molar-refractivity contribution in [1.82, 2.24) is 34.3 Å². The number of methoxy groups -OCH3 is 1. The minimum Gasteiger partial charge on any atom is -0.385 e. The fourth-order valence-electron chi connectivity index (χ4n) is 4.01. The van der Waals surface area contributed by atoms with Crippen molar-refractivity contribution in [2.24, 2.45) is 5.92 Å². The molecule has 0 bridgehead atoms. The molecule has 150 valence electrons. The number of ether oxygens (including phenoxy) is 1. The Kier molecular flexibility index (Phi) is 4.39. The van der Waals surface area contributed by atoms with Gasteiger partial charge >= 0.3 is 0 Å². The maximum absolute atomic E-state index is 5.21. The zero-order valence-corrected chi connectivity index (χ0v) is 16.8. The number of hydrogen-bond acceptors (Lipinski definition) is 7. The average Bonchev–Trinajstić information content (AvgIpc) is 3.25. The molecule has 0 unspecified atom stereocenters. The van der Waals surface area contributed by atoms with Crippen molar-refractivity contribution in [1.29, 1.82) is 0 Å². The van der Waals surface area contributed by atoms with E-state index in [1.165, 1.54) is 0 Å². The van der Waals surface area contributed by atoms with Crippen molar-refractivity contribution >= 4 is 28.3 Å². The van der Waals surface area contributed by atoms with Gasteiger partial charge in [0.25, 0.3) is 0 Å². The summed E-state index contributed by atoms with van der Waals surface area (Å²) in [6.45, 7) is 4.86. The molecule has 9 nitrogen and oxygen atoms in total. The first-order valence-electron chi connectivity index (χ1n) is 9.90. The first kappa shape index (κ1) is 18.0. The monoisotopic (exact) mass is 392 g/mol. The molecule has 0 radical (unpaired) electrons. The van der Waals surface area contributed by atoms with Crippen molar-refractivity contribution in [3.8, 4) is 0 Å². The molecule has 1 aliphatic carbocycles. The largest absolute Gasteiger partial charge is 0.385 e. The van der Waals surface area contributed by atoms with Gasteiger partial charge in [-0.05, 0) is 50.7 Å². The predicted molar refractivity (Wildman–Crippen MR) is 109 cm³/mol. The molecule has 4 heterocycles. The number of pyridine rings is 1. The van der Waals surface area contributed by atoms with E-state index in [2.05, 4.69) is 25.1 Å². The lowest BCUT2D eigenvalue weighted by molar-refractivity contribution is 0.119. The topological polar surface area (TPSA) is 95.0 Å². The third kappa shape index (κ3) is 3.21. The standard InChI is InChI=1S/C20H24N8O/c1-12-6-18-22-11-23-27(18)10-17(12)24-20-21-9-16-13(2)26-28(19(16)25-20)15-7-14(8-15)4-5-29-3/h6,9-11,14-15H,4-5,7-8H2,1-3H3,(H,21,24,25). The molecule has 4 aromatic rings. The van der Waals surface area contributed by atoms with Gasteiger partial charge in [-0.15, -0.1) is 0 Å². The smallest absolute Gasteiger partial charge is 0.229 e. The zero-order chi connectivity index (χ0) is 20.0. The average molecular weight is 392 g/mol. The van der Waals surface area contributed by atoms with Crippen LogP contribution in [0.15, 0.2) is 24.8 Å². The number of rotatable bonds is 6. The molecular weight excluding hydrogens is 368 g/mol. The first-order chi connectivity index (χ1) is 14.1. The summed E-state index contributed by atoms with van der Waals surface area (Å²) in [6.07, 6.45) is 8.65. The Labute approximate surface area is 168 Å². The molecule has 1 saturated carbocycles. The van der Waals surface area contributed by atoms with Crippen LogP contribution < -0.4 is 5.32 Å². The molecule has 9 heteroatoms. The fourth-order valence-corrected chi connectivity index (χ4v) is 4.01. The van der Waals surface area contributed by atoms with E-state index in [0.29, 0.717) is 17.9 Å². The second-order valence-electron chi connectivity index (χ2n) is 7.79. The molecule has 0 aromatic carbocycles. The molecule has 1 aliphatic rings. The number of aromatic nitrogens is 7. The van der Waals surface area contributed by atoms with E-state index >= 15 is 0 Å². The van der Waals surface area contributed by atoms with Crippen molar-refractivity contribution in [3.63, 3.8) is 0 Å². The minimum atomic E-state index is 0.393. The van der Waals surface area contributed by atoms with E-state index in [-0.39, 0.29) is 0 Å². The van der Waals surface area contributed by atoms with Crippen LogP contribution in [0, 0.1) is 19.8 Å². The van der Waals surface area contributed by atoms with Crippen LogP contribution in [0.1, 0.15) is 36.6 Å². The van der Waals surface area contributed by atoms with E-state index in [4.69, 9.17) is 14.8 Å². The summed E-state index contributed by atoms with van der Waals surface area (Å²) in [6, 6.07) is 2.38. The lowest BCUT2D eigenvalue weighted by atomic mass is 9.78. The van der Waals surface area contributed by atoms with Gasteiger partial charge in [-0.3, -0.25) is 0 Å². The summed E-state index contributed by atoms with van der Waals surface area (Å²) in [5, 5.41) is 13.3. The molecule has 0 amide bonds. The van der Waals surface area contributed by atoms with Gasteiger partial charge in [0.1, 0.15) is 6.33 Å². The van der Waals surface area contributed by atoms with Crippen LogP contribution in [0.2, 0.25) is 0 Å². The third-order valence-corrected chi connectivity index (χ3v) is 5.79. The zero-order valence-electron chi connectivity index (χ0n) is 16.8. The predicted octanol–water partition coefficient (Wildman–Crippen LogP) is 3.22. The van der Waals surface area contributed by atoms with Crippen molar-refractivity contribution in [3.05, 3.63) is 36.0 Å². The van der Waals surface area contributed by atoms with Gasteiger partial charge in [0.05, 0.1) is 29.0 Å². The van der Waals surface area contributed by atoms with Crippen LogP contribution in [-0.2, 0) is 4.74 Å². The van der Waals surface area contributed by atoms with Crippen molar-refractivity contribution in [2.75, 3.05) is 19.0 Å². The Morgan fingerprint density at radius 3 is 2.93 bits per heavy atom. The maximum atomic E-state index is 5.21. The Hall–Kier alpha value is -3.07. The molecular formula is C20H24N8O.